The monoisotopic (exact) mass is 599 g/mol. The van der Waals surface area contributed by atoms with Crippen molar-refractivity contribution in [1.82, 2.24) is 4.90 Å². The number of rotatable bonds is 8. The van der Waals surface area contributed by atoms with Crippen LogP contribution in [0.3, 0.4) is 0 Å². The molecule has 4 aliphatic heterocycles. The van der Waals surface area contributed by atoms with E-state index in [-0.39, 0.29) is 30.9 Å². The molecule has 2 aromatic carbocycles. The van der Waals surface area contributed by atoms with Crippen LogP contribution in [0.5, 0.6) is 5.75 Å². The van der Waals surface area contributed by atoms with E-state index in [1.807, 2.05) is 94.5 Å². The minimum Gasteiger partial charge on any atom is -0.494 e. The summed E-state index contributed by atoms with van der Waals surface area (Å²) >= 11 is 0. The number of hydrogen-bond acceptors (Lipinski definition) is 6. The topological polar surface area (TPSA) is 99.6 Å². The van der Waals surface area contributed by atoms with Crippen molar-refractivity contribution in [2.75, 3.05) is 42.6 Å². The Balaban J connectivity index is 1.46. The van der Waals surface area contributed by atoms with Crippen LogP contribution in [0.4, 0.5) is 11.4 Å². The van der Waals surface area contributed by atoms with Crippen LogP contribution >= 0.6 is 0 Å². The molecule has 9 heteroatoms. The van der Waals surface area contributed by atoms with E-state index in [2.05, 4.69) is 0 Å². The summed E-state index contributed by atoms with van der Waals surface area (Å²) in [6, 6.07) is 12.3. The largest absolute Gasteiger partial charge is 0.494 e. The average molecular weight is 600 g/mol. The second kappa shape index (κ2) is 11.5. The summed E-state index contributed by atoms with van der Waals surface area (Å²) in [5.41, 5.74) is 1.000. The zero-order valence-corrected chi connectivity index (χ0v) is 25.9. The van der Waals surface area contributed by atoms with Gasteiger partial charge in [0.25, 0.3) is 5.91 Å². The van der Waals surface area contributed by atoms with Gasteiger partial charge >= 0.3 is 0 Å². The third kappa shape index (κ3) is 4.47. The third-order valence-corrected chi connectivity index (χ3v) is 9.67. The second-order valence-corrected chi connectivity index (χ2v) is 12.1. The maximum Gasteiger partial charge on any atom is 0.253 e. The number of aliphatic hydroxyl groups is 1. The van der Waals surface area contributed by atoms with Gasteiger partial charge in [0, 0.05) is 37.6 Å². The molecule has 1 spiro atoms. The van der Waals surface area contributed by atoms with Gasteiger partial charge in [-0.15, -0.1) is 0 Å². The number of carbonyl (C=O) groups excluding carboxylic acids is 3. The number of anilines is 2. The van der Waals surface area contributed by atoms with Gasteiger partial charge in [0.1, 0.15) is 17.4 Å². The predicted octanol–water partition coefficient (Wildman–Crippen LogP) is 3.95. The van der Waals surface area contributed by atoms with Gasteiger partial charge < -0.3 is 29.3 Å². The van der Waals surface area contributed by atoms with Crippen molar-refractivity contribution in [1.29, 1.82) is 0 Å². The van der Waals surface area contributed by atoms with E-state index in [9.17, 15) is 19.5 Å². The van der Waals surface area contributed by atoms with Gasteiger partial charge in [0.2, 0.25) is 11.8 Å². The van der Waals surface area contributed by atoms with Gasteiger partial charge in [0.15, 0.2) is 0 Å². The Kier molecular flexibility index (Phi) is 7.88. The van der Waals surface area contributed by atoms with Crippen LogP contribution in [0.15, 0.2) is 66.8 Å². The van der Waals surface area contributed by atoms with Gasteiger partial charge in [-0.1, -0.05) is 49.4 Å². The Labute approximate surface area is 258 Å². The highest BCUT2D eigenvalue weighted by Gasteiger charge is 2.75. The maximum absolute atomic E-state index is 14.7. The Bertz CT molecular complexity index is 1500. The van der Waals surface area contributed by atoms with E-state index in [0.29, 0.717) is 44.0 Å². The summed E-state index contributed by atoms with van der Waals surface area (Å²) in [5.74, 6) is -1.80. The van der Waals surface area contributed by atoms with Gasteiger partial charge in [-0.05, 0) is 69.0 Å². The molecule has 6 rings (SSSR count). The van der Waals surface area contributed by atoms with Gasteiger partial charge in [-0.3, -0.25) is 14.4 Å². The molecule has 4 heterocycles. The number of aryl methyl sites for hydroxylation is 2. The zero-order chi connectivity index (χ0) is 31.2. The van der Waals surface area contributed by atoms with Gasteiger partial charge in [-0.2, -0.15) is 0 Å². The Morgan fingerprint density at radius 3 is 2.23 bits per heavy atom. The summed E-state index contributed by atoms with van der Waals surface area (Å²) in [5, 5.41) is 9.74. The number of aliphatic hydroxyl groups excluding tert-OH is 1. The lowest BCUT2D eigenvalue weighted by Crippen LogP contribution is -2.56. The van der Waals surface area contributed by atoms with Crippen molar-refractivity contribution in [3.63, 3.8) is 0 Å². The van der Waals surface area contributed by atoms with Crippen LogP contribution in [0.25, 0.3) is 0 Å². The van der Waals surface area contributed by atoms with E-state index < -0.39 is 29.1 Å². The number of fused-ring (bicyclic) bond motifs is 2. The van der Waals surface area contributed by atoms with Gasteiger partial charge in [0.05, 0.1) is 24.0 Å². The van der Waals surface area contributed by atoms with E-state index in [0.717, 1.165) is 16.8 Å². The van der Waals surface area contributed by atoms with Gasteiger partial charge in [-0.25, -0.2) is 0 Å². The first-order chi connectivity index (χ1) is 21.2. The fourth-order valence-electron chi connectivity index (χ4n) is 7.79. The lowest BCUT2D eigenvalue weighted by atomic mass is 9.73. The minimum absolute atomic E-state index is 0.130. The van der Waals surface area contributed by atoms with Crippen molar-refractivity contribution < 1.29 is 29.0 Å². The summed E-state index contributed by atoms with van der Waals surface area (Å²) < 4.78 is 12.7. The average Bonchev–Trinajstić information content (AvgIpc) is 3.30. The van der Waals surface area contributed by atoms with E-state index in [4.69, 9.17) is 9.47 Å². The molecule has 0 aromatic heterocycles. The molecule has 9 nitrogen and oxygen atoms in total. The van der Waals surface area contributed by atoms with Crippen molar-refractivity contribution in [2.45, 2.75) is 57.8 Å². The van der Waals surface area contributed by atoms with Crippen molar-refractivity contribution in [2.24, 2.45) is 11.8 Å². The molecular formula is C35H41N3O6. The van der Waals surface area contributed by atoms with Crippen molar-refractivity contribution in [3.8, 4) is 5.75 Å². The molecule has 232 valence electrons. The number of carbonyl (C=O) groups is 3. The fraction of sp³-hybridized carbons (Fsp3) is 0.457. The number of nitrogens with zero attached hydrogens (tertiary/aromatic N) is 3. The van der Waals surface area contributed by atoms with Crippen LogP contribution in [0.1, 0.15) is 37.8 Å². The SMILES string of the molecule is CCOc1ccc(N2CC=C[C@@]3(CC)O[C@]45C=CCN(c6c(C)cccc6C)C(=O)C4N(CCCO)C(=O)[C@@H]5[C@H]3C2=O)cc1. The molecule has 0 bridgehead atoms. The maximum atomic E-state index is 14.7. The van der Waals surface area contributed by atoms with E-state index in [1.54, 1.807) is 14.7 Å². The Morgan fingerprint density at radius 2 is 1.57 bits per heavy atom. The molecule has 2 saturated heterocycles. The highest BCUT2D eigenvalue weighted by molar-refractivity contribution is 6.08. The number of para-hydroxylation sites is 1. The summed E-state index contributed by atoms with van der Waals surface area (Å²) in [6.07, 6.45) is 8.41. The molecule has 0 radical (unpaired) electrons. The van der Waals surface area contributed by atoms with Crippen LogP contribution in [-0.4, -0.2) is 77.8 Å². The van der Waals surface area contributed by atoms with E-state index >= 15 is 0 Å². The number of amides is 3. The molecule has 0 saturated carbocycles. The van der Waals surface area contributed by atoms with Crippen molar-refractivity contribution in [3.05, 3.63) is 77.9 Å². The normalized spacial score (nSPS) is 29.4. The first-order valence-electron chi connectivity index (χ1n) is 15.6. The van der Waals surface area contributed by atoms with E-state index in [1.165, 1.54) is 0 Å². The fourth-order valence-corrected chi connectivity index (χ4v) is 7.79. The molecule has 2 aromatic rings. The van der Waals surface area contributed by atoms with Crippen LogP contribution in [-0.2, 0) is 19.1 Å². The highest BCUT2D eigenvalue weighted by atomic mass is 16.5. The quantitative estimate of drug-likeness (QED) is 0.462. The third-order valence-electron chi connectivity index (χ3n) is 9.67. The van der Waals surface area contributed by atoms with Crippen LogP contribution in [0.2, 0.25) is 0 Å². The number of ether oxygens (including phenoxy) is 2. The summed E-state index contributed by atoms with van der Waals surface area (Å²) in [6.45, 7) is 9.06. The molecule has 1 unspecified atom stereocenters. The first-order valence-corrected chi connectivity index (χ1v) is 15.6. The molecule has 4 aliphatic rings. The molecule has 0 aliphatic carbocycles. The molecule has 44 heavy (non-hydrogen) atoms. The molecule has 2 fully saturated rings. The van der Waals surface area contributed by atoms with Crippen LogP contribution < -0.4 is 14.5 Å². The number of hydrogen-bond donors (Lipinski definition) is 1. The first kappa shape index (κ1) is 30.1. The van der Waals surface area contributed by atoms with Crippen LogP contribution in [0, 0.1) is 25.7 Å². The Morgan fingerprint density at radius 1 is 0.886 bits per heavy atom. The minimum atomic E-state index is -1.35. The molecule has 5 atom stereocenters. The number of benzene rings is 2. The summed E-state index contributed by atoms with van der Waals surface area (Å²) in [7, 11) is 0. The summed E-state index contributed by atoms with van der Waals surface area (Å²) in [4.78, 5) is 49.0. The lowest BCUT2D eigenvalue weighted by Gasteiger charge is -2.38. The van der Waals surface area contributed by atoms with Crippen molar-refractivity contribution >= 4 is 29.1 Å². The molecule has 3 amide bonds. The Hall–Kier alpha value is -3.95. The smallest absolute Gasteiger partial charge is 0.253 e. The predicted molar refractivity (Wildman–Crippen MR) is 168 cm³/mol. The molecule has 1 N–H and O–H groups in total. The number of likely N-dealkylation sites (tertiary alicyclic amines) is 1. The molecular weight excluding hydrogens is 558 g/mol. The second-order valence-electron chi connectivity index (χ2n) is 12.1. The standard InChI is InChI=1S/C35H41N3O6/c1-5-34-17-8-19-36(25-13-15-26(16-14-25)43-6-2)31(40)27(34)28-32(41)38(21-10-22-39)30-33(42)37(20-9-18-35(28,30)44-34)29-23(3)11-7-12-24(29)4/h7-9,11-18,27-28,30,39H,5-6,10,19-22H2,1-4H3/t27-,28-,30?,34+,35-/m0/s1. The zero-order valence-electron chi connectivity index (χ0n) is 25.9. The lowest BCUT2D eigenvalue weighted by molar-refractivity contribution is -0.145. The highest BCUT2D eigenvalue weighted by Crippen LogP contribution is 2.59.